The third-order valence-corrected chi connectivity index (χ3v) is 4.99. The van der Waals surface area contributed by atoms with E-state index in [4.69, 9.17) is 5.73 Å². The molecule has 1 aliphatic rings. The summed E-state index contributed by atoms with van der Waals surface area (Å²) >= 11 is 1.80. The number of aryl methyl sites for hydroxylation is 2. The van der Waals surface area contributed by atoms with Crippen LogP contribution in [0.4, 0.5) is 0 Å². The molecule has 1 fully saturated rings. The number of hydrogen-bond donors (Lipinski definition) is 2. The Morgan fingerprint density at radius 3 is 2.76 bits per heavy atom. The predicted molar refractivity (Wildman–Crippen MR) is 73.3 cm³/mol. The maximum atomic E-state index is 6.09. The summed E-state index contributed by atoms with van der Waals surface area (Å²) in [5.41, 5.74) is 7.26. The fourth-order valence-electron chi connectivity index (χ4n) is 2.69. The largest absolute Gasteiger partial charge is 0.327 e. The van der Waals surface area contributed by atoms with Gasteiger partial charge in [-0.2, -0.15) is 0 Å². The molecule has 3 nitrogen and oxygen atoms in total. The van der Waals surface area contributed by atoms with Gasteiger partial charge in [0, 0.05) is 23.5 Å². The fraction of sp³-hybridized carbons (Fsp3) is 0.769. The van der Waals surface area contributed by atoms with Gasteiger partial charge >= 0.3 is 0 Å². The van der Waals surface area contributed by atoms with Gasteiger partial charge in [0.05, 0.1) is 10.7 Å². The second kappa shape index (κ2) is 5.46. The smallest absolute Gasteiger partial charge is 0.0900 e. The molecule has 0 radical (unpaired) electrons. The molecule has 1 aromatic rings. The van der Waals surface area contributed by atoms with Crippen LogP contribution in [0.25, 0.3) is 0 Å². The third-order valence-electron chi connectivity index (χ3n) is 3.74. The van der Waals surface area contributed by atoms with E-state index in [0.717, 1.165) is 11.6 Å². The Morgan fingerprint density at radius 2 is 2.24 bits per heavy atom. The van der Waals surface area contributed by atoms with E-state index in [1.807, 2.05) is 0 Å². The third kappa shape index (κ3) is 3.06. The minimum atomic E-state index is 0.397. The minimum Gasteiger partial charge on any atom is -0.327 e. The van der Waals surface area contributed by atoms with Crippen molar-refractivity contribution in [3.05, 3.63) is 15.6 Å². The minimum absolute atomic E-state index is 0.397. The maximum Gasteiger partial charge on any atom is 0.0900 e. The number of hydrogen-bond acceptors (Lipinski definition) is 4. The Labute approximate surface area is 108 Å². The number of thiazole rings is 1. The van der Waals surface area contributed by atoms with Crippen molar-refractivity contribution in [3.8, 4) is 0 Å². The zero-order valence-corrected chi connectivity index (χ0v) is 11.8. The molecule has 3 unspecified atom stereocenters. The van der Waals surface area contributed by atoms with Gasteiger partial charge in [0.2, 0.25) is 0 Å². The van der Waals surface area contributed by atoms with Crippen LogP contribution >= 0.6 is 11.3 Å². The van der Waals surface area contributed by atoms with Crippen molar-refractivity contribution in [1.29, 1.82) is 0 Å². The van der Waals surface area contributed by atoms with Crippen LogP contribution in [0.3, 0.4) is 0 Å². The van der Waals surface area contributed by atoms with Crippen LogP contribution in [0.5, 0.6) is 0 Å². The second-order valence-electron chi connectivity index (χ2n) is 5.17. The summed E-state index contributed by atoms with van der Waals surface area (Å²) in [6, 6.07) is 0.799. The van der Waals surface area contributed by atoms with E-state index in [0.29, 0.717) is 18.0 Å². The molecule has 0 bridgehead atoms. The summed E-state index contributed by atoms with van der Waals surface area (Å²) in [6.07, 6.45) is 3.77. The normalized spacial score (nSPS) is 26.4. The lowest BCUT2D eigenvalue weighted by atomic mass is 10.0. The molecule has 17 heavy (non-hydrogen) atoms. The van der Waals surface area contributed by atoms with E-state index in [9.17, 15) is 0 Å². The van der Waals surface area contributed by atoms with Crippen LogP contribution in [0.1, 0.15) is 47.8 Å². The monoisotopic (exact) mass is 253 g/mol. The van der Waals surface area contributed by atoms with Crippen molar-refractivity contribution in [2.75, 3.05) is 6.54 Å². The highest BCUT2D eigenvalue weighted by Crippen LogP contribution is 2.27. The Morgan fingerprint density at radius 1 is 1.47 bits per heavy atom. The van der Waals surface area contributed by atoms with Crippen molar-refractivity contribution < 1.29 is 0 Å². The summed E-state index contributed by atoms with van der Waals surface area (Å²) in [6.45, 7) is 7.43. The van der Waals surface area contributed by atoms with Gasteiger partial charge < -0.3 is 11.1 Å². The number of nitrogens with one attached hydrogen (secondary N) is 1. The molecule has 0 amide bonds. The van der Waals surface area contributed by atoms with Gasteiger partial charge in [-0.1, -0.05) is 6.42 Å². The molecule has 1 aromatic heterocycles. The SMILES string of the molecule is Cc1nc(C)c(C(C)NCC2CCCC2N)s1. The summed E-state index contributed by atoms with van der Waals surface area (Å²) in [5, 5.41) is 4.77. The van der Waals surface area contributed by atoms with Gasteiger partial charge in [0.25, 0.3) is 0 Å². The van der Waals surface area contributed by atoms with Crippen molar-refractivity contribution in [2.45, 2.75) is 52.1 Å². The first-order valence-electron chi connectivity index (χ1n) is 6.51. The second-order valence-corrected chi connectivity index (χ2v) is 6.40. The molecule has 1 aliphatic carbocycles. The molecular weight excluding hydrogens is 230 g/mol. The Bertz CT molecular complexity index is 375. The topological polar surface area (TPSA) is 50.9 Å². The van der Waals surface area contributed by atoms with E-state index in [2.05, 4.69) is 31.1 Å². The first-order chi connectivity index (χ1) is 8.08. The molecule has 3 atom stereocenters. The van der Waals surface area contributed by atoms with Gasteiger partial charge in [-0.05, 0) is 39.5 Å². The zero-order chi connectivity index (χ0) is 12.4. The molecule has 3 N–H and O–H groups in total. The number of rotatable bonds is 4. The van der Waals surface area contributed by atoms with Gasteiger partial charge in [-0.25, -0.2) is 4.98 Å². The summed E-state index contributed by atoms with van der Waals surface area (Å²) in [7, 11) is 0. The highest BCUT2D eigenvalue weighted by Gasteiger charge is 2.24. The summed E-state index contributed by atoms with van der Waals surface area (Å²) < 4.78 is 0. The Hall–Kier alpha value is -0.450. The molecule has 0 saturated heterocycles. The lowest BCUT2D eigenvalue weighted by molar-refractivity contribution is 0.418. The van der Waals surface area contributed by atoms with Crippen molar-refractivity contribution in [2.24, 2.45) is 11.7 Å². The Kier molecular flexibility index (Phi) is 4.17. The van der Waals surface area contributed by atoms with E-state index in [-0.39, 0.29) is 0 Å². The summed E-state index contributed by atoms with van der Waals surface area (Å²) in [4.78, 5) is 5.85. The Balaban J connectivity index is 1.88. The van der Waals surface area contributed by atoms with Crippen molar-refractivity contribution in [3.63, 3.8) is 0 Å². The van der Waals surface area contributed by atoms with Crippen LogP contribution in [-0.2, 0) is 0 Å². The average Bonchev–Trinajstić information content (AvgIpc) is 2.81. The van der Waals surface area contributed by atoms with E-state index < -0.39 is 0 Å². The zero-order valence-electron chi connectivity index (χ0n) is 11.0. The molecule has 4 heteroatoms. The molecular formula is C13H23N3S. The lowest BCUT2D eigenvalue weighted by Crippen LogP contribution is -2.34. The summed E-state index contributed by atoms with van der Waals surface area (Å²) in [5.74, 6) is 0.659. The van der Waals surface area contributed by atoms with E-state index in [1.54, 1.807) is 11.3 Å². The standard InChI is InChI=1S/C13H23N3S/c1-8(13-9(2)16-10(3)17-13)15-7-11-5-4-6-12(11)14/h8,11-12,15H,4-7,14H2,1-3H3. The first-order valence-corrected chi connectivity index (χ1v) is 7.32. The number of nitrogens with zero attached hydrogens (tertiary/aromatic N) is 1. The van der Waals surface area contributed by atoms with Gasteiger partial charge in [0.15, 0.2) is 0 Å². The van der Waals surface area contributed by atoms with E-state index in [1.165, 1.54) is 29.8 Å². The maximum absolute atomic E-state index is 6.09. The van der Waals surface area contributed by atoms with Gasteiger partial charge in [-0.15, -0.1) is 11.3 Å². The molecule has 0 aromatic carbocycles. The van der Waals surface area contributed by atoms with Crippen LogP contribution < -0.4 is 11.1 Å². The predicted octanol–water partition coefficient (Wildman–Crippen LogP) is 2.54. The fourth-order valence-corrected chi connectivity index (χ4v) is 3.64. The quantitative estimate of drug-likeness (QED) is 0.867. The van der Waals surface area contributed by atoms with Crippen molar-refractivity contribution in [1.82, 2.24) is 10.3 Å². The molecule has 1 heterocycles. The molecule has 96 valence electrons. The van der Waals surface area contributed by atoms with Crippen LogP contribution in [0, 0.1) is 19.8 Å². The van der Waals surface area contributed by atoms with Gasteiger partial charge in [0.1, 0.15) is 0 Å². The highest BCUT2D eigenvalue weighted by molar-refractivity contribution is 7.11. The lowest BCUT2D eigenvalue weighted by Gasteiger charge is -2.19. The van der Waals surface area contributed by atoms with Crippen LogP contribution in [0.15, 0.2) is 0 Å². The van der Waals surface area contributed by atoms with E-state index >= 15 is 0 Å². The molecule has 0 aliphatic heterocycles. The number of aromatic nitrogens is 1. The number of nitrogens with two attached hydrogens (primary N) is 1. The van der Waals surface area contributed by atoms with Crippen molar-refractivity contribution >= 4 is 11.3 Å². The molecule has 2 rings (SSSR count). The molecule has 0 spiro atoms. The highest BCUT2D eigenvalue weighted by atomic mass is 32.1. The van der Waals surface area contributed by atoms with Crippen LogP contribution in [0.2, 0.25) is 0 Å². The molecule has 1 saturated carbocycles. The first kappa shape index (κ1) is 13.0. The van der Waals surface area contributed by atoms with Crippen LogP contribution in [-0.4, -0.2) is 17.6 Å². The van der Waals surface area contributed by atoms with Gasteiger partial charge in [-0.3, -0.25) is 0 Å². The average molecular weight is 253 g/mol.